The summed E-state index contributed by atoms with van der Waals surface area (Å²) in [6.45, 7) is 15.9. The fraction of sp³-hybridized carbons (Fsp3) is 1.00. The first kappa shape index (κ1) is 16.3. The highest BCUT2D eigenvalue weighted by molar-refractivity contribution is 4.91. The van der Waals surface area contributed by atoms with Crippen molar-refractivity contribution in [1.29, 1.82) is 0 Å². The Morgan fingerprint density at radius 1 is 1.10 bits per heavy atom. The molecule has 2 aliphatic rings. The van der Waals surface area contributed by atoms with E-state index >= 15 is 0 Å². The quantitative estimate of drug-likeness (QED) is 0.797. The second-order valence-corrected chi connectivity index (χ2v) is 8.37. The summed E-state index contributed by atoms with van der Waals surface area (Å²) in [7, 11) is 0. The Kier molecular flexibility index (Phi) is 5.92. The molecule has 0 spiro atoms. The van der Waals surface area contributed by atoms with Crippen molar-refractivity contribution in [2.24, 2.45) is 23.2 Å². The predicted octanol–water partition coefficient (Wildman–Crippen LogP) is 3.77. The summed E-state index contributed by atoms with van der Waals surface area (Å²) in [6, 6.07) is 0. The molecule has 0 aromatic carbocycles. The second-order valence-electron chi connectivity index (χ2n) is 8.37. The van der Waals surface area contributed by atoms with Crippen molar-refractivity contribution in [3.8, 4) is 0 Å². The zero-order valence-electron chi connectivity index (χ0n) is 14.3. The molecule has 0 aromatic heterocycles. The van der Waals surface area contributed by atoms with Gasteiger partial charge < -0.3 is 10.2 Å². The van der Waals surface area contributed by atoms with E-state index in [1.54, 1.807) is 0 Å². The van der Waals surface area contributed by atoms with E-state index in [4.69, 9.17) is 0 Å². The fourth-order valence-corrected chi connectivity index (χ4v) is 4.54. The summed E-state index contributed by atoms with van der Waals surface area (Å²) in [5.41, 5.74) is 0.575. The second kappa shape index (κ2) is 7.26. The lowest BCUT2D eigenvalue weighted by atomic mass is 9.83. The summed E-state index contributed by atoms with van der Waals surface area (Å²) in [6.07, 6.45) is 7.20. The fourth-order valence-electron chi connectivity index (χ4n) is 4.54. The summed E-state index contributed by atoms with van der Waals surface area (Å²) in [5.74, 6) is 2.55. The minimum absolute atomic E-state index is 0.575. The van der Waals surface area contributed by atoms with Gasteiger partial charge in [0, 0.05) is 26.2 Å². The molecule has 2 rings (SSSR count). The van der Waals surface area contributed by atoms with Crippen LogP contribution >= 0.6 is 0 Å². The lowest BCUT2D eigenvalue weighted by Crippen LogP contribution is -2.47. The summed E-state index contributed by atoms with van der Waals surface area (Å²) in [4.78, 5) is 2.78. The molecular formula is C18H36N2. The van der Waals surface area contributed by atoms with E-state index in [1.165, 1.54) is 64.8 Å². The Hall–Kier alpha value is -0.0800. The average Bonchev–Trinajstić information content (AvgIpc) is 2.75. The Balaban J connectivity index is 1.87. The molecule has 2 unspecified atom stereocenters. The first-order valence-corrected chi connectivity index (χ1v) is 8.92. The molecule has 118 valence electrons. The molecule has 2 heteroatoms. The van der Waals surface area contributed by atoms with Gasteiger partial charge >= 0.3 is 0 Å². The van der Waals surface area contributed by atoms with Crippen LogP contribution in [-0.4, -0.2) is 37.6 Å². The molecule has 1 N–H and O–H groups in total. The summed E-state index contributed by atoms with van der Waals surface area (Å²) < 4.78 is 0. The van der Waals surface area contributed by atoms with E-state index < -0.39 is 0 Å². The van der Waals surface area contributed by atoms with Crippen LogP contribution < -0.4 is 5.32 Å². The Morgan fingerprint density at radius 3 is 2.25 bits per heavy atom. The molecule has 1 aliphatic heterocycles. The van der Waals surface area contributed by atoms with E-state index in [9.17, 15) is 0 Å². The number of likely N-dealkylation sites (tertiary alicyclic amines) is 1. The number of nitrogens with zero attached hydrogens (tertiary/aromatic N) is 1. The Labute approximate surface area is 126 Å². The largest absolute Gasteiger partial charge is 0.316 e. The van der Waals surface area contributed by atoms with Crippen LogP contribution in [0.5, 0.6) is 0 Å². The maximum Gasteiger partial charge on any atom is 0.00504 e. The molecule has 1 aliphatic carbocycles. The molecule has 0 radical (unpaired) electrons. The first-order valence-electron chi connectivity index (χ1n) is 8.92. The molecule has 20 heavy (non-hydrogen) atoms. The van der Waals surface area contributed by atoms with Gasteiger partial charge in [0.15, 0.2) is 0 Å². The van der Waals surface area contributed by atoms with Gasteiger partial charge in [0.05, 0.1) is 0 Å². The molecule has 0 aromatic rings. The van der Waals surface area contributed by atoms with Gasteiger partial charge in [-0.3, -0.25) is 0 Å². The van der Waals surface area contributed by atoms with Crippen LogP contribution in [0.2, 0.25) is 0 Å². The number of nitrogens with one attached hydrogen (secondary N) is 1. The smallest absolute Gasteiger partial charge is 0.00504 e. The highest BCUT2D eigenvalue weighted by Crippen LogP contribution is 2.39. The Bertz CT molecular complexity index is 271. The van der Waals surface area contributed by atoms with Crippen LogP contribution in [-0.2, 0) is 0 Å². The molecule has 0 bridgehead atoms. The molecule has 1 heterocycles. The molecule has 1 saturated heterocycles. The van der Waals surface area contributed by atoms with Gasteiger partial charge in [-0.1, -0.05) is 40.5 Å². The van der Waals surface area contributed by atoms with Gasteiger partial charge in [0.25, 0.3) is 0 Å². The SMILES string of the molecule is CC(C)CNCC1(CN2CC(C)CC(C)C2)CCCC1. The molecule has 1 saturated carbocycles. The van der Waals surface area contributed by atoms with E-state index in [1.807, 2.05) is 0 Å². The van der Waals surface area contributed by atoms with E-state index in [2.05, 4.69) is 37.9 Å². The van der Waals surface area contributed by atoms with Gasteiger partial charge in [0.2, 0.25) is 0 Å². The Morgan fingerprint density at radius 2 is 1.70 bits per heavy atom. The van der Waals surface area contributed by atoms with Crippen molar-refractivity contribution < 1.29 is 0 Å². The molecule has 2 atom stereocenters. The standard InChI is InChI=1S/C18H36N2/c1-15(2)10-19-13-18(7-5-6-8-18)14-20-11-16(3)9-17(4)12-20/h15-17,19H,5-14H2,1-4H3. The monoisotopic (exact) mass is 280 g/mol. The van der Waals surface area contributed by atoms with Crippen LogP contribution in [0.15, 0.2) is 0 Å². The summed E-state index contributed by atoms with van der Waals surface area (Å²) in [5, 5.41) is 3.75. The van der Waals surface area contributed by atoms with Crippen molar-refractivity contribution >= 4 is 0 Å². The third-order valence-electron chi connectivity index (χ3n) is 5.22. The molecule has 2 fully saturated rings. The predicted molar refractivity (Wildman–Crippen MR) is 88.0 cm³/mol. The zero-order chi connectivity index (χ0) is 14.6. The van der Waals surface area contributed by atoms with E-state index in [-0.39, 0.29) is 0 Å². The topological polar surface area (TPSA) is 15.3 Å². The highest BCUT2D eigenvalue weighted by Gasteiger charge is 2.36. The minimum atomic E-state index is 0.575. The highest BCUT2D eigenvalue weighted by atomic mass is 15.1. The minimum Gasteiger partial charge on any atom is -0.316 e. The molecule has 2 nitrogen and oxygen atoms in total. The lowest BCUT2D eigenvalue weighted by molar-refractivity contribution is 0.0828. The first-order chi connectivity index (χ1) is 9.49. The van der Waals surface area contributed by atoms with Gasteiger partial charge in [-0.2, -0.15) is 0 Å². The van der Waals surface area contributed by atoms with E-state index in [0.29, 0.717) is 5.41 Å². The van der Waals surface area contributed by atoms with Gasteiger partial charge in [-0.25, -0.2) is 0 Å². The third-order valence-corrected chi connectivity index (χ3v) is 5.22. The van der Waals surface area contributed by atoms with Crippen LogP contribution in [0.1, 0.15) is 59.8 Å². The molecular weight excluding hydrogens is 244 g/mol. The maximum atomic E-state index is 3.75. The van der Waals surface area contributed by atoms with Crippen molar-refractivity contribution in [2.45, 2.75) is 59.8 Å². The van der Waals surface area contributed by atoms with E-state index in [0.717, 1.165) is 17.8 Å². The number of hydrogen-bond donors (Lipinski definition) is 1. The van der Waals surface area contributed by atoms with Gasteiger partial charge in [-0.15, -0.1) is 0 Å². The summed E-state index contributed by atoms with van der Waals surface area (Å²) >= 11 is 0. The zero-order valence-corrected chi connectivity index (χ0v) is 14.3. The molecule has 0 amide bonds. The average molecular weight is 280 g/mol. The van der Waals surface area contributed by atoms with Gasteiger partial charge in [0.1, 0.15) is 0 Å². The van der Waals surface area contributed by atoms with Crippen molar-refractivity contribution in [3.05, 3.63) is 0 Å². The van der Waals surface area contributed by atoms with Crippen molar-refractivity contribution in [3.63, 3.8) is 0 Å². The number of hydrogen-bond acceptors (Lipinski definition) is 2. The van der Waals surface area contributed by atoms with Gasteiger partial charge in [-0.05, 0) is 49.0 Å². The van der Waals surface area contributed by atoms with Crippen molar-refractivity contribution in [1.82, 2.24) is 10.2 Å². The number of rotatable bonds is 6. The maximum absolute atomic E-state index is 3.75. The van der Waals surface area contributed by atoms with Crippen LogP contribution in [0.3, 0.4) is 0 Å². The van der Waals surface area contributed by atoms with Crippen LogP contribution in [0.25, 0.3) is 0 Å². The van der Waals surface area contributed by atoms with Crippen LogP contribution in [0.4, 0.5) is 0 Å². The normalized spacial score (nSPS) is 31.1. The van der Waals surface area contributed by atoms with Crippen molar-refractivity contribution in [2.75, 3.05) is 32.7 Å². The number of piperidine rings is 1. The lowest BCUT2D eigenvalue weighted by Gasteiger charge is -2.41. The van der Waals surface area contributed by atoms with Crippen LogP contribution in [0, 0.1) is 23.2 Å². The third kappa shape index (κ3) is 4.73.